The molecule has 0 unspecified atom stereocenters. The summed E-state index contributed by atoms with van der Waals surface area (Å²) in [7, 11) is 1.30. The summed E-state index contributed by atoms with van der Waals surface area (Å²) in [5.41, 5.74) is 11.1. The molecule has 0 aromatic heterocycles. The minimum absolute atomic E-state index is 0.0508. The molecule has 112 heavy (non-hydrogen) atoms. The Morgan fingerprint density at radius 1 is 0.384 bits per heavy atom. The van der Waals surface area contributed by atoms with Gasteiger partial charge in [-0.25, -0.2) is 0 Å². The lowest BCUT2D eigenvalue weighted by Gasteiger charge is -2.51. The minimum atomic E-state index is -2.28. The van der Waals surface area contributed by atoms with Crippen LogP contribution in [0.3, 0.4) is 0 Å². The lowest BCUT2D eigenvalue weighted by atomic mass is 9.94. The summed E-state index contributed by atoms with van der Waals surface area (Å²) in [5, 5.41) is 16.5. The first kappa shape index (κ1) is 92.0. The van der Waals surface area contributed by atoms with Crippen LogP contribution in [-0.4, -0.2) is 276 Å². The molecule has 0 aliphatic carbocycles. The molecule has 41 nitrogen and oxygen atoms in total. The van der Waals surface area contributed by atoms with E-state index in [4.69, 9.17) is 114 Å². The second-order valence-electron chi connectivity index (χ2n) is 26.4. The van der Waals surface area contributed by atoms with Crippen LogP contribution in [0.25, 0.3) is 10.4 Å². The smallest absolute Gasteiger partial charge is 0.305 e. The van der Waals surface area contributed by atoms with Crippen LogP contribution in [-0.2, 0) is 183 Å². The van der Waals surface area contributed by atoms with Gasteiger partial charge in [0, 0.05) is 101 Å². The van der Waals surface area contributed by atoms with Gasteiger partial charge in [0.25, 0.3) is 0 Å². The quantitative estimate of drug-likeness (QED) is 0.0248. The first-order valence-electron chi connectivity index (χ1n) is 36.0. The van der Waals surface area contributed by atoms with Crippen molar-refractivity contribution in [2.24, 2.45) is 5.11 Å². The van der Waals surface area contributed by atoms with Gasteiger partial charge >= 0.3 is 77.6 Å². The summed E-state index contributed by atoms with van der Waals surface area (Å²) < 4.78 is 145. The van der Waals surface area contributed by atoms with E-state index in [2.05, 4.69) is 10.0 Å². The fourth-order valence-corrected chi connectivity index (χ4v) is 12.8. The van der Waals surface area contributed by atoms with Gasteiger partial charge in [-0.3, -0.25) is 62.3 Å². The third-order valence-corrected chi connectivity index (χ3v) is 17.3. The predicted octanol–water partition coefficient (Wildman–Crippen LogP) is 2.42. The van der Waals surface area contributed by atoms with Gasteiger partial charge < -0.3 is 119 Å². The van der Waals surface area contributed by atoms with Crippen LogP contribution in [0.2, 0.25) is 0 Å². The van der Waals surface area contributed by atoms with Gasteiger partial charge in [-0.05, 0) is 30.9 Å². The highest BCUT2D eigenvalue weighted by molar-refractivity contribution is 5.71. The third-order valence-electron chi connectivity index (χ3n) is 17.3. The van der Waals surface area contributed by atoms with Crippen LogP contribution in [0.4, 0.5) is 0 Å². The Labute approximate surface area is 643 Å². The average molecular weight is 1600 g/mol. The maximum absolute atomic E-state index is 13.7. The number of aliphatic hydroxyl groups is 1. The molecule has 5 saturated heterocycles. The van der Waals surface area contributed by atoms with Gasteiger partial charge in [0.15, 0.2) is 80.3 Å². The van der Waals surface area contributed by atoms with Crippen LogP contribution < -0.4 is 0 Å². The van der Waals surface area contributed by atoms with Crippen molar-refractivity contribution in [3.63, 3.8) is 0 Å². The van der Waals surface area contributed by atoms with Crippen molar-refractivity contribution < 1.29 is 181 Å². The van der Waals surface area contributed by atoms with Crippen LogP contribution in [0, 0.1) is 0 Å². The maximum atomic E-state index is 13.7. The standard InChI is InChI=1S/C71H99N3O38/c1-33-54(97-38(6)79)60(100-41(9)82)63(95-28-46-24-20-19-21-25-46)69(96-33)112-66-61(101-42(10)83)56(98-39(7)80)49(31-93-36(4)77)108-71(66)109-55-48(30-92-35(3)76)106-67(52(73-74-72)58(55)99-40(8)81)111-59-53(88)47(29-91-34(2)75)105-70(64(59)103-44(12)85)110-57-50(32-94-37(5)78)107-68(65(104-45(13)86)62(57)102-43(11)84)90-27-23-18-16-15-17-22-26-51(87)89-14/h19-21,24-25,33,47-50,52-71,88H,15-18,22-23,26-32H2,1-14H3/t33-,47+,48+,49+,50+,52+,53-,54+,55+,56-,57+,58+,59-,60+,61-,62-,63-,64+,65+,66+,67-,68+,69-,70-,71-/m0/s1. The van der Waals surface area contributed by atoms with Gasteiger partial charge in [0.05, 0.1) is 19.8 Å². The van der Waals surface area contributed by atoms with Gasteiger partial charge in [0.2, 0.25) is 0 Å². The fourth-order valence-electron chi connectivity index (χ4n) is 12.8. The Balaban J connectivity index is 1.50. The van der Waals surface area contributed by atoms with E-state index in [1.807, 2.05) is 0 Å². The molecular weight excluding hydrogens is 1500 g/mol. The summed E-state index contributed by atoms with van der Waals surface area (Å²) in [6, 6.07) is 6.29. The Kier molecular flexibility index (Phi) is 37.1. The number of aliphatic hydroxyl groups excluding tert-OH is 1. The van der Waals surface area contributed by atoms with Crippen molar-refractivity contribution >= 4 is 77.6 Å². The number of methoxy groups -OCH3 is 1. The molecule has 0 spiro atoms. The Morgan fingerprint density at radius 3 is 1.25 bits per heavy atom. The average Bonchev–Trinajstić information content (AvgIpc) is 0.761. The molecule has 6 rings (SSSR count). The molecule has 5 aliphatic heterocycles. The molecule has 1 N–H and O–H groups in total. The van der Waals surface area contributed by atoms with E-state index < -0.39 is 252 Å². The zero-order valence-electron chi connectivity index (χ0n) is 64.4. The molecular formula is C71H99N3O38. The zero-order valence-corrected chi connectivity index (χ0v) is 64.4. The first-order chi connectivity index (χ1) is 53.1. The fraction of sp³-hybridized carbons (Fsp3) is 0.732. The molecule has 0 saturated carbocycles. The highest BCUT2D eigenvalue weighted by Crippen LogP contribution is 2.42. The van der Waals surface area contributed by atoms with Gasteiger partial charge in [-0.15, -0.1) is 0 Å². The van der Waals surface area contributed by atoms with E-state index in [-0.39, 0.29) is 25.6 Å². The third kappa shape index (κ3) is 28.4. The number of hydrogen-bond donors (Lipinski definition) is 1. The van der Waals surface area contributed by atoms with E-state index >= 15 is 0 Å². The number of azide groups is 1. The Morgan fingerprint density at radius 2 is 0.750 bits per heavy atom. The molecule has 41 heteroatoms. The van der Waals surface area contributed by atoms with E-state index in [1.54, 1.807) is 30.3 Å². The molecule has 5 aliphatic rings. The van der Waals surface area contributed by atoms with E-state index in [0.717, 1.165) is 102 Å². The predicted molar refractivity (Wildman–Crippen MR) is 364 cm³/mol. The highest BCUT2D eigenvalue weighted by Gasteiger charge is 2.62. The number of rotatable bonds is 38. The molecule has 0 radical (unpaired) electrons. The number of carbonyl (C=O) groups is 13. The molecule has 626 valence electrons. The Bertz CT molecular complexity index is 3390. The number of ether oxygens (including phenoxy) is 24. The van der Waals surface area contributed by atoms with Crippen molar-refractivity contribution in [2.45, 2.75) is 295 Å². The Hall–Kier alpha value is -8.84. The van der Waals surface area contributed by atoms with Crippen molar-refractivity contribution in [1.29, 1.82) is 0 Å². The summed E-state index contributed by atoms with van der Waals surface area (Å²) >= 11 is 0. The second-order valence-corrected chi connectivity index (χ2v) is 26.4. The second kappa shape index (κ2) is 45.2. The summed E-state index contributed by atoms with van der Waals surface area (Å²) in [6.07, 6.45) is -41.4. The number of hydrogen-bond acceptors (Lipinski definition) is 39. The summed E-state index contributed by atoms with van der Waals surface area (Å²) in [5.74, 6) is -12.3. The van der Waals surface area contributed by atoms with E-state index in [1.165, 1.54) is 14.0 Å². The number of carbonyl (C=O) groups excluding carboxylic acids is 13. The van der Waals surface area contributed by atoms with Crippen LogP contribution in [0.5, 0.6) is 0 Å². The number of benzene rings is 1. The summed E-state index contributed by atoms with van der Waals surface area (Å²) in [4.78, 5) is 172. The SMILES string of the molecule is COC(=O)CCCCCCCCO[C@@H]1O[C@H](COC(C)=O)[C@@H](O[C@@H]2O[C@H](COC(C)=O)[C@H](O)[C@H](O[C@@H]3O[C@H](COC(C)=O)[C@@H](O[C@@H]4O[C@H](COC(C)=O)[C@H](OC(C)=O)[C@H](OC(C)=O)[C@H]4O[C@@H]4O[C@@H](C)[C@@H](OC(C)=O)[C@@H](OC(C)=O)[C@@H]4OCc4ccccc4)[C@H](OC(C)=O)[C@H]3N=[N+]=[N-])[C@H]2OC(C)=O)[C@H](OC(C)=O)[C@H]1OC(C)=O. The molecule has 5 fully saturated rings. The lowest BCUT2D eigenvalue weighted by molar-refractivity contribution is -0.392. The van der Waals surface area contributed by atoms with Crippen molar-refractivity contribution in [1.82, 2.24) is 0 Å². The normalized spacial score (nSPS) is 31.5. The summed E-state index contributed by atoms with van der Waals surface area (Å²) in [6.45, 7) is 9.54. The van der Waals surface area contributed by atoms with E-state index in [9.17, 15) is 73.0 Å². The highest BCUT2D eigenvalue weighted by atomic mass is 16.8. The van der Waals surface area contributed by atoms with Crippen molar-refractivity contribution in [3.05, 3.63) is 46.3 Å². The van der Waals surface area contributed by atoms with E-state index in [0.29, 0.717) is 24.8 Å². The number of unbranched alkanes of at least 4 members (excludes halogenated alkanes) is 5. The molecule has 25 atom stereocenters. The largest absolute Gasteiger partial charge is 0.469 e. The molecule has 1 aromatic carbocycles. The van der Waals surface area contributed by atoms with Crippen LogP contribution >= 0.6 is 0 Å². The van der Waals surface area contributed by atoms with Crippen molar-refractivity contribution in [3.8, 4) is 0 Å². The first-order valence-corrected chi connectivity index (χ1v) is 36.0. The lowest BCUT2D eigenvalue weighted by Crippen LogP contribution is -2.69. The topological polar surface area (TPSA) is 512 Å². The van der Waals surface area contributed by atoms with Gasteiger partial charge in [-0.1, -0.05) is 61.1 Å². The van der Waals surface area contributed by atoms with Crippen LogP contribution in [0.15, 0.2) is 35.4 Å². The van der Waals surface area contributed by atoms with Gasteiger partial charge in [0.1, 0.15) is 93.5 Å². The monoisotopic (exact) mass is 1600 g/mol. The molecule has 0 bridgehead atoms. The van der Waals surface area contributed by atoms with Gasteiger partial charge in [-0.2, -0.15) is 0 Å². The maximum Gasteiger partial charge on any atom is 0.305 e. The molecule has 1 aromatic rings. The number of esters is 13. The zero-order chi connectivity index (χ0) is 82.6. The molecule has 5 heterocycles. The number of nitrogens with zero attached hydrogens (tertiary/aromatic N) is 3. The molecule has 0 amide bonds. The van der Waals surface area contributed by atoms with Crippen molar-refractivity contribution in [2.75, 3.05) is 40.1 Å². The van der Waals surface area contributed by atoms with Crippen LogP contribution in [0.1, 0.15) is 141 Å². The minimum Gasteiger partial charge on any atom is -0.469 e.